The van der Waals surface area contributed by atoms with Gasteiger partial charge in [0.05, 0.1) is 10.4 Å². The van der Waals surface area contributed by atoms with E-state index < -0.39 is 0 Å². The van der Waals surface area contributed by atoms with Gasteiger partial charge in [-0.2, -0.15) is 0 Å². The zero-order valence-electron chi connectivity index (χ0n) is 8.84. The SMILES string of the molecule is C=C/C=C\C=C\C(=O)Nc1ncc(SC)s1. The van der Waals surface area contributed by atoms with Crippen LogP contribution >= 0.6 is 23.1 Å². The number of aromatic nitrogens is 1. The molecule has 1 rings (SSSR count). The number of carbonyl (C=O) groups is 1. The third kappa shape index (κ3) is 4.46. The standard InChI is InChI=1S/C11H12N2OS2/c1-3-4-5-6-7-9(14)13-11-12-8-10(15-2)16-11/h3-8H,1H2,2H3,(H,12,13,14)/b5-4-,7-6+. The van der Waals surface area contributed by atoms with Crippen molar-refractivity contribution in [2.75, 3.05) is 11.6 Å². The second-order valence-corrected chi connectivity index (χ2v) is 4.79. The summed E-state index contributed by atoms with van der Waals surface area (Å²) < 4.78 is 1.07. The van der Waals surface area contributed by atoms with Gasteiger partial charge in [-0.15, -0.1) is 11.8 Å². The number of anilines is 1. The molecule has 1 aromatic rings. The Bertz CT molecular complexity index is 421. The highest BCUT2D eigenvalue weighted by Gasteiger charge is 2.02. The Morgan fingerprint density at radius 2 is 2.38 bits per heavy atom. The Balaban J connectivity index is 2.48. The van der Waals surface area contributed by atoms with Gasteiger partial charge in [0, 0.05) is 6.08 Å². The van der Waals surface area contributed by atoms with E-state index in [1.54, 1.807) is 42.3 Å². The van der Waals surface area contributed by atoms with Crippen molar-refractivity contribution in [1.82, 2.24) is 4.98 Å². The predicted octanol–water partition coefficient (Wildman–Crippen LogP) is 3.10. The lowest BCUT2D eigenvalue weighted by Gasteiger charge is -1.93. The number of carbonyl (C=O) groups excluding carboxylic acids is 1. The highest BCUT2D eigenvalue weighted by atomic mass is 32.2. The number of thioether (sulfide) groups is 1. The van der Waals surface area contributed by atoms with Crippen LogP contribution in [0.3, 0.4) is 0 Å². The molecule has 0 fully saturated rings. The molecule has 1 aromatic heterocycles. The highest BCUT2D eigenvalue weighted by molar-refractivity contribution is 8.00. The van der Waals surface area contributed by atoms with Crippen molar-refractivity contribution in [2.24, 2.45) is 0 Å². The van der Waals surface area contributed by atoms with E-state index >= 15 is 0 Å². The van der Waals surface area contributed by atoms with Crippen molar-refractivity contribution in [3.63, 3.8) is 0 Å². The van der Waals surface area contributed by atoms with Gasteiger partial charge >= 0.3 is 0 Å². The van der Waals surface area contributed by atoms with Crippen LogP contribution in [0.15, 0.2) is 47.4 Å². The lowest BCUT2D eigenvalue weighted by Crippen LogP contribution is -2.06. The number of thiazole rings is 1. The average molecular weight is 252 g/mol. The predicted molar refractivity (Wildman–Crippen MR) is 71.0 cm³/mol. The van der Waals surface area contributed by atoms with Gasteiger partial charge in [0.15, 0.2) is 5.13 Å². The average Bonchev–Trinajstić information content (AvgIpc) is 2.72. The summed E-state index contributed by atoms with van der Waals surface area (Å²) in [4.78, 5) is 15.4. The van der Waals surface area contributed by atoms with Crippen LogP contribution in [-0.4, -0.2) is 17.1 Å². The maximum absolute atomic E-state index is 11.4. The molecule has 0 saturated carbocycles. The minimum absolute atomic E-state index is 0.185. The zero-order valence-corrected chi connectivity index (χ0v) is 10.5. The Morgan fingerprint density at radius 1 is 1.56 bits per heavy atom. The van der Waals surface area contributed by atoms with Crippen LogP contribution < -0.4 is 5.32 Å². The molecule has 0 spiro atoms. The third-order valence-electron chi connectivity index (χ3n) is 1.52. The first-order chi connectivity index (χ1) is 7.76. The first-order valence-corrected chi connectivity index (χ1v) is 6.57. The molecular formula is C11H12N2OS2. The van der Waals surface area contributed by atoms with E-state index in [9.17, 15) is 4.79 Å². The molecule has 84 valence electrons. The fourth-order valence-corrected chi connectivity index (χ4v) is 2.13. The van der Waals surface area contributed by atoms with E-state index in [0.29, 0.717) is 5.13 Å². The monoisotopic (exact) mass is 252 g/mol. The normalized spacial score (nSPS) is 11.1. The van der Waals surface area contributed by atoms with E-state index in [4.69, 9.17) is 0 Å². The van der Waals surface area contributed by atoms with Crippen LogP contribution in [0.1, 0.15) is 0 Å². The Labute approximate surface area is 103 Å². The molecule has 0 radical (unpaired) electrons. The largest absolute Gasteiger partial charge is 0.298 e. The molecule has 0 aliphatic carbocycles. The van der Waals surface area contributed by atoms with Gasteiger partial charge in [0.2, 0.25) is 5.91 Å². The first kappa shape index (κ1) is 12.7. The Hall–Kier alpha value is -1.33. The van der Waals surface area contributed by atoms with E-state index in [-0.39, 0.29) is 5.91 Å². The second kappa shape index (κ2) is 7.03. The summed E-state index contributed by atoms with van der Waals surface area (Å²) in [5, 5.41) is 3.30. The summed E-state index contributed by atoms with van der Waals surface area (Å²) in [6.45, 7) is 3.53. The number of allylic oxidation sites excluding steroid dienone is 4. The fraction of sp³-hybridized carbons (Fsp3) is 0.0909. The second-order valence-electron chi connectivity index (χ2n) is 2.66. The van der Waals surface area contributed by atoms with Gasteiger partial charge in [-0.05, 0) is 6.26 Å². The molecule has 1 heterocycles. The third-order valence-corrected chi connectivity index (χ3v) is 3.49. The molecule has 1 N–H and O–H groups in total. The van der Waals surface area contributed by atoms with Crippen molar-refractivity contribution in [3.8, 4) is 0 Å². The number of amides is 1. The lowest BCUT2D eigenvalue weighted by atomic mass is 10.4. The van der Waals surface area contributed by atoms with Gasteiger partial charge in [-0.1, -0.05) is 42.2 Å². The van der Waals surface area contributed by atoms with Crippen LogP contribution in [0.25, 0.3) is 0 Å². The van der Waals surface area contributed by atoms with Crippen molar-refractivity contribution < 1.29 is 4.79 Å². The van der Waals surface area contributed by atoms with Gasteiger partial charge in [0.1, 0.15) is 0 Å². The summed E-state index contributed by atoms with van der Waals surface area (Å²) in [6.07, 6.45) is 11.9. The van der Waals surface area contributed by atoms with Gasteiger partial charge < -0.3 is 0 Å². The Kier molecular flexibility index (Phi) is 5.60. The molecule has 0 bridgehead atoms. The molecule has 0 atom stereocenters. The van der Waals surface area contributed by atoms with Crippen LogP contribution in [-0.2, 0) is 4.79 Å². The smallest absolute Gasteiger partial charge is 0.250 e. The van der Waals surface area contributed by atoms with Crippen LogP contribution in [0.4, 0.5) is 5.13 Å². The Morgan fingerprint density at radius 3 is 3.00 bits per heavy atom. The lowest BCUT2D eigenvalue weighted by molar-refractivity contribution is -0.111. The first-order valence-electron chi connectivity index (χ1n) is 4.53. The number of nitrogens with one attached hydrogen (secondary N) is 1. The number of rotatable bonds is 5. The summed E-state index contributed by atoms with van der Waals surface area (Å²) in [6, 6.07) is 0. The quantitative estimate of drug-likeness (QED) is 0.497. The molecule has 0 aliphatic heterocycles. The molecule has 1 amide bonds. The highest BCUT2D eigenvalue weighted by Crippen LogP contribution is 2.25. The maximum Gasteiger partial charge on any atom is 0.250 e. The van der Waals surface area contributed by atoms with Crippen LogP contribution in [0.5, 0.6) is 0 Å². The van der Waals surface area contributed by atoms with Gasteiger partial charge in [-0.25, -0.2) is 4.98 Å². The fourth-order valence-electron chi connectivity index (χ4n) is 0.844. The van der Waals surface area contributed by atoms with Crippen molar-refractivity contribution in [2.45, 2.75) is 4.21 Å². The summed E-state index contributed by atoms with van der Waals surface area (Å²) in [7, 11) is 0. The minimum atomic E-state index is -0.185. The van der Waals surface area contributed by atoms with Crippen LogP contribution in [0, 0.1) is 0 Å². The van der Waals surface area contributed by atoms with E-state index in [2.05, 4.69) is 16.9 Å². The van der Waals surface area contributed by atoms with Crippen molar-refractivity contribution in [3.05, 3.63) is 43.2 Å². The van der Waals surface area contributed by atoms with Crippen molar-refractivity contribution >= 4 is 34.1 Å². The van der Waals surface area contributed by atoms with E-state index in [1.165, 1.54) is 17.4 Å². The molecule has 5 heteroatoms. The summed E-state index contributed by atoms with van der Waals surface area (Å²) in [5.41, 5.74) is 0. The van der Waals surface area contributed by atoms with E-state index in [1.807, 2.05) is 6.26 Å². The molecular weight excluding hydrogens is 240 g/mol. The molecule has 0 aliphatic rings. The maximum atomic E-state index is 11.4. The van der Waals surface area contributed by atoms with Crippen molar-refractivity contribution in [1.29, 1.82) is 0 Å². The summed E-state index contributed by atoms with van der Waals surface area (Å²) in [5.74, 6) is -0.185. The summed E-state index contributed by atoms with van der Waals surface area (Å²) >= 11 is 3.06. The molecule has 0 saturated heterocycles. The van der Waals surface area contributed by atoms with E-state index in [0.717, 1.165) is 4.21 Å². The van der Waals surface area contributed by atoms with Gasteiger partial charge in [-0.3, -0.25) is 10.1 Å². The molecule has 0 aromatic carbocycles. The number of hydrogen-bond acceptors (Lipinski definition) is 4. The van der Waals surface area contributed by atoms with Gasteiger partial charge in [0.25, 0.3) is 0 Å². The molecule has 16 heavy (non-hydrogen) atoms. The zero-order chi connectivity index (χ0) is 11.8. The van der Waals surface area contributed by atoms with Crippen LogP contribution in [0.2, 0.25) is 0 Å². The minimum Gasteiger partial charge on any atom is -0.298 e. The topological polar surface area (TPSA) is 42.0 Å². The number of hydrogen-bond donors (Lipinski definition) is 1. The molecule has 0 unspecified atom stereocenters. The number of nitrogens with zero attached hydrogens (tertiary/aromatic N) is 1. The molecule has 3 nitrogen and oxygen atoms in total.